The van der Waals surface area contributed by atoms with E-state index in [4.69, 9.17) is 10.00 Å². The van der Waals surface area contributed by atoms with Crippen LogP contribution in [0.15, 0.2) is 72.8 Å². The zero-order valence-corrected chi connectivity index (χ0v) is 14.8. The van der Waals surface area contributed by atoms with Crippen molar-refractivity contribution in [2.24, 2.45) is 0 Å². The van der Waals surface area contributed by atoms with E-state index in [1.54, 1.807) is 11.0 Å². The average molecular weight is 354 g/mol. The molecule has 0 saturated carbocycles. The number of hydrogen-bond acceptors (Lipinski definition) is 3. The Morgan fingerprint density at radius 1 is 0.926 bits per heavy atom. The highest BCUT2D eigenvalue weighted by atomic mass is 16.5. The molecule has 0 saturated heterocycles. The molecule has 3 aromatic carbocycles. The summed E-state index contributed by atoms with van der Waals surface area (Å²) >= 11 is 0. The maximum Gasteiger partial charge on any atom is 0.253 e. The van der Waals surface area contributed by atoms with Gasteiger partial charge in [-0.25, -0.2) is 0 Å². The van der Waals surface area contributed by atoms with E-state index >= 15 is 0 Å². The lowest BCUT2D eigenvalue weighted by Gasteiger charge is -2.23. The third-order valence-corrected chi connectivity index (χ3v) is 4.66. The second-order valence-electron chi connectivity index (χ2n) is 6.49. The van der Waals surface area contributed by atoms with Crippen LogP contribution in [-0.2, 0) is 22.7 Å². The summed E-state index contributed by atoms with van der Waals surface area (Å²) in [7, 11) is 0. The summed E-state index contributed by atoms with van der Waals surface area (Å²) in [6.45, 7) is 0.970. The average Bonchev–Trinajstić information content (AvgIpc) is 2.87. The molecule has 0 unspecified atom stereocenters. The number of rotatable bonds is 3. The summed E-state index contributed by atoms with van der Waals surface area (Å²) in [6, 6.07) is 25.6. The van der Waals surface area contributed by atoms with Gasteiger partial charge < -0.3 is 9.64 Å². The van der Waals surface area contributed by atoms with Gasteiger partial charge in [0, 0.05) is 11.3 Å². The number of hydrogen-bond donors (Lipinski definition) is 0. The van der Waals surface area contributed by atoms with Gasteiger partial charge in [0.05, 0.1) is 24.8 Å². The third kappa shape index (κ3) is 3.59. The van der Waals surface area contributed by atoms with Gasteiger partial charge in [-0.2, -0.15) is 5.26 Å². The summed E-state index contributed by atoms with van der Waals surface area (Å²) < 4.78 is 5.59. The van der Waals surface area contributed by atoms with Crippen LogP contribution < -0.4 is 4.90 Å². The van der Waals surface area contributed by atoms with Crippen molar-refractivity contribution < 1.29 is 9.53 Å². The summed E-state index contributed by atoms with van der Waals surface area (Å²) in [6.07, 6.45) is 0. The molecule has 1 aliphatic rings. The first-order chi connectivity index (χ1) is 13.2. The Balaban J connectivity index is 1.72. The number of amides is 1. The van der Waals surface area contributed by atoms with Crippen LogP contribution in [-0.4, -0.2) is 12.5 Å². The Hall–Kier alpha value is -3.42. The smallest absolute Gasteiger partial charge is 0.253 e. The minimum atomic E-state index is -0.0446. The van der Waals surface area contributed by atoms with Crippen molar-refractivity contribution in [2.45, 2.75) is 13.2 Å². The Bertz CT molecular complexity index is 1020. The Morgan fingerprint density at radius 2 is 1.74 bits per heavy atom. The van der Waals surface area contributed by atoms with E-state index in [1.807, 2.05) is 66.7 Å². The molecule has 3 aromatic rings. The first-order valence-electron chi connectivity index (χ1n) is 8.80. The highest BCUT2D eigenvalue weighted by molar-refractivity contribution is 5.96. The second-order valence-corrected chi connectivity index (χ2v) is 6.49. The van der Waals surface area contributed by atoms with E-state index in [2.05, 4.69) is 6.07 Å². The van der Waals surface area contributed by atoms with Crippen molar-refractivity contribution in [1.82, 2.24) is 0 Å². The quantitative estimate of drug-likeness (QED) is 0.705. The normalized spacial score (nSPS) is 13.6. The molecule has 0 aliphatic carbocycles. The van der Waals surface area contributed by atoms with Gasteiger partial charge in [0.1, 0.15) is 6.61 Å². The van der Waals surface area contributed by atoms with Crippen LogP contribution in [0.1, 0.15) is 16.7 Å². The molecular weight excluding hydrogens is 336 g/mol. The van der Waals surface area contributed by atoms with E-state index in [0.29, 0.717) is 18.7 Å². The topological polar surface area (TPSA) is 53.3 Å². The van der Waals surface area contributed by atoms with Crippen molar-refractivity contribution in [3.05, 3.63) is 89.5 Å². The number of nitriles is 1. The molecule has 4 nitrogen and oxygen atoms in total. The Morgan fingerprint density at radius 3 is 2.56 bits per heavy atom. The van der Waals surface area contributed by atoms with Gasteiger partial charge in [-0.1, -0.05) is 48.5 Å². The number of ether oxygens (including phenoxy) is 1. The number of nitrogens with zero attached hydrogens (tertiary/aromatic N) is 2. The minimum absolute atomic E-state index is 0.0446. The molecule has 27 heavy (non-hydrogen) atoms. The molecular formula is C23H18N2O2. The lowest BCUT2D eigenvalue weighted by molar-refractivity contribution is -0.123. The zero-order valence-electron chi connectivity index (χ0n) is 14.8. The van der Waals surface area contributed by atoms with Crippen molar-refractivity contribution in [3.63, 3.8) is 0 Å². The highest BCUT2D eigenvalue weighted by Crippen LogP contribution is 2.31. The Labute approximate surface area is 158 Å². The number of carbonyl (C=O) groups is 1. The standard InChI is InChI=1S/C23H18N2O2/c24-13-18-7-4-8-19(11-18)20-9-10-22-21(12-20)15-27-16-23(26)25(22)14-17-5-2-1-3-6-17/h1-12H,14-16H2. The molecule has 0 bridgehead atoms. The van der Waals surface area contributed by atoms with Crippen molar-refractivity contribution in [1.29, 1.82) is 5.26 Å². The maximum atomic E-state index is 12.6. The van der Waals surface area contributed by atoms with E-state index < -0.39 is 0 Å². The fourth-order valence-corrected chi connectivity index (χ4v) is 3.31. The monoisotopic (exact) mass is 354 g/mol. The summed E-state index contributed by atoms with van der Waals surface area (Å²) in [5.74, 6) is -0.0446. The number of anilines is 1. The van der Waals surface area contributed by atoms with E-state index in [0.717, 1.165) is 27.9 Å². The summed E-state index contributed by atoms with van der Waals surface area (Å²) in [5.41, 5.74) is 5.52. The third-order valence-electron chi connectivity index (χ3n) is 4.66. The van der Waals surface area contributed by atoms with Crippen LogP contribution in [0.25, 0.3) is 11.1 Å². The molecule has 0 radical (unpaired) electrons. The largest absolute Gasteiger partial charge is 0.367 e. The molecule has 1 heterocycles. The van der Waals surface area contributed by atoms with Crippen LogP contribution in [0.5, 0.6) is 0 Å². The lowest BCUT2D eigenvalue weighted by Crippen LogP contribution is -2.32. The van der Waals surface area contributed by atoms with Crippen molar-refractivity contribution >= 4 is 11.6 Å². The van der Waals surface area contributed by atoms with Crippen LogP contribution in [0.2, 0.25) is 0 Å². The molecule has 0 N–H and O–H groups in total. The van der Waals surface area contributed by atoms with Gasteiger partial charge in [-0.05, 0) is 41.0 Å². The zero-order chi connectivity index (χ0) is 18.6. The lowest BCUT2D eigenvalue weighted by atomic mass is 10.00. The summed E-state index contributed by atoms with van der Waals surface area (Å²) in [5, 5.41) is 9.13. The first kappa shape index (κ1) is 17.0. The van der Waals surface area contributed by atoms with Gasteiger partial charge in [0.15, 0.2) is 0 Å². The molecule has 132 valence electrons. The van der Waals surface area contributed by atoms with Crippen LogP contribution in [0.3, 0.4) is 0 Å². The molecule has 1 amide bonds. The van der Waals surface area contributed by atoms with Crippen molar-refractivity contribution in [3.8, 4) is 17.2 Å². The highest BCUT2D eigenvalue weighted by Gasteiger charge is 2.23. The van der Waals surface area contributed by atoms with E-state index in [1.165, 1.54) is 0 Å². The van der Waals surface area contributed by atoms with Crippen LogP contribution in [0, 0.1) is 11.3 Å². The van der Waals surface area contributed by atoms with E-state index in [9.17, 15) is 4.79 Å². The SMILES string of the molecule is N#Cc1cccc(-c2ccc3c(c2)COCC(=O)N3Cc2ccccc2)c1. The minimum Gasteiger partial charge on any atom is -0.367 e. The molecule has 4 heteroatoms. The van der Waals surface area contributed by atoms with Gasteiger partial charge in [-0.15, -0.1) is 0 Å². The summed E-state index contributed by atoms with van der Waals surface area (Å²) in [4.78, 5) is 14.4. The molecule has 0 atom stereocenters. The molecule has 4 rings (SSSR count). The molecule has 0 aromatic heterocycles. The van der Waals surface area contributed by atoms with Gasteiger partial charge in [0.25, 0.3) is 5.91 Å². The van der Waals surface area contributed by atoms with Crippen LogP contribution in [0.4, 0.5) is 5.69 Å². The Kier molecular flexibility index (Phi) is 4.69. The predicted molar refractivity (Wildman–Crippen MR) is 104 cm³/mol. The van der Waals surface area contributed by atoms with Gasteiger partial charge >= 0.3 is 0 Å². The molecule has 0 fully saturated rings. The number of fused-ring (bicyclic) bond motifs is 1. The fourth-order valence-electron chi connectivity index (χ4n) is 3.31. The second kappa shape index (κ2) is 7.45. The van der Waals surface area contributed by atoms with Gasteiger partial charge in [0.2, 0.25) is 0 Å². The molecule has 0 spiro atoms. The van der Waals surface area contributed by atoms with E-state index in [-0.39, 0.29) is 12.5 Å². The predicted octanol–water partition coefficient (Wildman–Crippen LogP) is 4.29. The van der Waals surface area contributed by atoms with Gasteiger partial charge in [-0.3, -0.25) is 4.79 Å². The number of carbonyl (C=O) groups excluding carboxylic acids is 1. The number of benzene rings is 3. The van der Waals surface area contributed by atoms with Crippen molar-refractivity contribution in [2.75, 3.05) is 11.5 Å². The molecule has 1 aliphatic heterocycles. The van der Waals surface area contributed by atoms with Crippen LogP contribution >= 0.6 is 0 Å². The fraction of sp³-hybridized carbons (Fsp3) is 0.130. The first-order valence-corrected chi connectivity index (χ1v) is 8.80. The maximum absolute atomic E-state index is 12.6.